The van der Waals surface area contributed by atoms with Gasteiger partial charge in [-0.05, 0) is 0 Å². The molecule has 3 nitrogen and oxygen atoms in total. The van der Waals surface area contributed by atoms with E-state index in [4.69, 9.17) is 10.0 Å². The molecule has 0 aliphatic rings. The van der Waals surface area contributed by atoms with Gasteiger partial charge in [0.1, 0.15) is 0 Å². The van der Waals surface area contributed by atoms with E-state index in [1.807, 2.05) is 0 Å². The molecule has 61 valence electrons. The van der Waals surface area contributed by atoms with Gasteiger partial charge in [-0.2, -0.15) is 0 Å². The molecular formula is H2BF4NiO3. The van der Waals surface area contributed by atoms with Gasteiger partial charge in [-0.15, -0.1) is 0 Å². The fourth-order valence-corrected chi connectivity index (χ4v) is 0.416. The Morgan fingerprint density at radius 3 is 1.44 bits per heavy atom. The average molecular weight is 196 g/mol. The summed E-state index contributed by atoms with van der Waals surface area (Å²) in [6, 6.07) is 0. The van der Waals surface area contributed by atoms with E-state index in [9.17, 15) is 14.4 Å². The van der Waals surface area contributed by atoms with Crippen molar-refractivity contribution in [2.24, 2.45) is 0 Å². The van der Waals surface area contributed by atoms with Crippen molar-refractivity contribution < 1.29 is 41.7 Å². The van der Waals surface area contributed by atoms with Gasteiger partial charge in [0.05, 0.1) is 0 Å². The first kappa shape index (κ1) is 9.16. The molecule has 0 heterocycles. The van der Waals surface area contributed by atoms with Crippen LogP contribution in [-0.4, -0.2) is 17.4 Å². The van der Waals surface area contributed by atoms with Crippen LogP contribution in [0.3, 0.4) is 0 Å². The zero-order chi connectivity index (χ0) is 7.73. The standard InChI is InChI=1S/BH2O3.4FH.Ni/c2-1(3)4;;;;;/h2-3H;4*1H;/q-1;;;;;+5/p-4. The van der Waals surface area contributed by atoms with E-state index in [1.165, 1.54) is 0 Å². The predicted octanol–water partition coefficient (Wildman–Crippen LogP) is 0.115. The zero-order valence-electron chi connectivity index (χ0n) is 3.71. The van der Waals surface area contributed by atoms with Gasteiger partial charge < -0.3 is 0 Å². The molecule has 9 heteroatoms. The first-order valence-corrected chi connectivity index (χ1v) is 3.26. The Morgan fingerprint density at radius 1 is 1.11 bits per heavy atom. The van der Waals surface area contributed by atoms with Gasteiger partial charge in [-0.25, -0.2) is 0 Å². The van der Waals surface area contributed by atoms with E-state index in [-0.39, 0.29) is 0 Å². The first-order chi connectivity index (χ1) is 3.67. The fraction of sp³-hybridized carbons (Fsp3) is 0. The summed E-state index contributed by atoms with van der Waals surface area (Å²) in [6.45, 7) is 0. The molecule has 0 aromatic rings. The van der Waals surface area contributed by atoms with Gasteiger partial charge in [-0.1, -0.05) is 0 Å². The van der Waals surface area contributed by atoms with Crippen LogP contribution in [0, 0.1) is 0 Å². The summed E-state index contributed by atoms with van der Waals surface area (Å²) < 4.78 is 45.8. The number of rotatable bonds is 2. The van der Waals surface area contributed by atoms with Crippen LogP contribution in [-0.2, 0) is 17.3 Å². The van der Waals surface area contributed by atoms with Crippen LogP contribution < -0.4 is 0 Å². The average Bonchev–Trinajstić information content (AvgIpc) is 1.16. The zero-order valence-corrected chi connectivity index (χ0v) is 4.70. The third-order valence-corrected chi connectivity index (χ3v) is 0.739. The minimum absolute atomic E-state index is 2.19. The molecular weight excluding hydrogens is 193 g/mol. The van der Waals surface area contributed by atoms with Gasteiger partial charge in [0.15, 0.2) is 0 Å². The third-order valence-electron chi connectivity index (χ3n) is 0.179. The number of hydrogen-bond acceptors (Lipinski definition) is 3. The maximum atomic E-state index is 10.9. The second kappa shape index (κ2) is 2.09. The molecule has 0 amide bonds. The molecule has 0 rings (SSSR count). The summed E-state index contributed by atoms with van der Waals surface area (Å²) in [7, 11) is -3.14. The molecule has 0 aliphatic heterocycles. The van der Waals surface area contributed by atoms with Crippen molar-refractivity contribution in [3.63, 3.8) is 0 Å². The molecule has 2 N–H and O–H groups in total. The SMILES string of the molecule is OB(O)[O][Ni]([F])([F])([F])[F]. The van der Waals surface area contributed by atoms with Crippen LogP contribution in [0.1, 0.15) is 0 Å². The van der Waals surface area contributed by atoms with E-state index < -0.39 is 20.8 Å². The molecule has 0 radical (unpaired) electrons. The predicted molar refractivity (Wildman–Crippen MR) is 15.7 cm³/mol. The Morgan fingerprint density at radius 2 is 1.44 bits per heavy atom. The van der Waals surface area contributed by atoms with Gasteiger partial charge in [0, 0.05) is 0 Å². The van der Waals surface area contributed by atoms with E-state index in [0.29, 0.717) is 0 Å². The third kappa shape index (κ3) is 8.16. The first-order valence-electron chi connectivity index (χ1n) is 1.36. The molecule has 0 saturated heterocycles. The molecule has 0 aliphatic carbocycles. The van der Waals surface area contributed by atoms with Crippen molar-refractivity contribution in [3.05, 3.63) is 0 Å². The van der Waals surface area contributed by atoms with E-state index in [1.54, 1.807) is 0 Å². The quantitative estimate of drug-likeness (QED) is 0.486. The Balaban J connectivity index is 3.89. The summed E-state index contributed by atoms with van der Waals surface area (Å²) in [6.07, 6.45) is 0. The fourth-order valence-electron chi connectivity index (χ4n) is 0.101. The van der Waals surface area contributed by atoms with Crippen LogP contribution in [0.4, 0.5) is 14.4 Å². The summed E-state index contributed by atoms with van der Waals surface area (Å²) in [5, 5.41) is 14.9. The number of hydrogen-bond donors (Lipinski definition) is 2. The van der Waals surface area contributed by atoms with Crippen LogP contribution in [0.2, 0.25) is 0 Å². The molecule has 0 saturated carbocycles. The van der Waals surface area contributed by atoms with Crippen LogP contribution in [0.15, 0.2) is 0 Å². The van der Waals surface area contributed by atoms with Crippen molar-refractivity contribution in [2.75, 3.05) is 0 Å². The van der Waals surface area contributed by atoms with Crippen LogP contribution >= 0.6 is 0 Å². The Kier molecular flexibility index (Phi) is 2.12. The summed E-state index contributed by atoms with van der Waals surface area (Å²) >= 11 is -8.03. The van der Waals surface area contributed by atoms with Crippen molar-refractivity contribution in [3.8, 4) is 0 Å². The monoisotopic (exact) mass is 195 g/mol. The molecule has 0 unspecified atom stereocenters. The van der Waals surface area contributed by atoms with E-state index in [2.05, 4.69) is 3.80 Å². The Hall–Kier alpha value is 0.158. The van der Waals surface area contributed by atoms with Crippen molar-refractivity contribution in [2.45, 2.75) is 0 Å². The minimum atomic E-state index is -8.03. The molecule has 9 heavy (non-hydrogen) atoms. The topological polar surface area (TPSA) is 49.7 Å². The summed E-state index contributed by atoms with van der Waals surface area (Å²) in [5.74, 6) is 0. The Bertz CT molecular complexity index is 96.9. The molecule has 0 aromatic carbocycles. The molecule has 0 spiro atoms. The summed E-state index contributed by atoms with van der Waals surface area (Å²) in [5.41, 5.74) is 0. The molecule has 0 fully saturated rings. The van der Waals surface area contributed by atoms with E-state index in [0.717, 1.165) is 0 Å². The molecule has 0 bridgehead atoms. The van der Waals surface area contributed by atoms with Crippen molar-refractivity contribution in [1.29, 1.82) is 0 Å². The second-order valence-electron chi connectivity index (χ2n) is 0.867. The van der Waals surface area contributed by atoms with Gasteiger partial charge >= 0.3 is 49.1 Å². The van der Waals surface area contributed by atoms with Crippen LogP contribution in [0.5, 0.6) is 0 Å². The van der Waals surface area contributed by atoms with Gasteiger partial charge in [0.25, 0.3) is 0 Å². The van der Waals surface area contributed by atoms with Crippen molar-refractivity contribution >= 4 is 7.32 Å². The van der Waals surface area contributed by atoms with Gasteiger partial charge in [0.2, 0.25) is 0 Å². The van der Waals surface area contributed by atoms with Gasteiger partial charge in [-0.3, -0.25) is 0 Å². The summed E-state index contributed by atoms with van der Waals surface area (Å²) in [4.78, 5) is 0. The second-order valence-corrected chi connectivity index (χ2v) is 2.56. The molecule has 0 atom stereocenters. The number of halogens is 4. The van der Waals surface area contributed by atoms with Crippen LogP contribution in [0.25, 0.3) is 0 Å². The normalized spacial score (nSPS) is 16.4. The maximum absolute atomic E-state index is 10.9. The molecule has 0 aromatic heterocycles. The van der Waals surface area contributed by atoms with Crippen molar-refractivity contribution in [1.82, 2.24) is 0 Å². The Labute approximate surface area is 50.0 Å². The van der Waals surface area contributed by atoms with E-state index >= 15 is 0 Å².